The molecular formula is C15H25NO4. The fourth-order valence-corrected chi connectivity index (χ4v) is 2.08. The van der Waals surface area contributed by atoms with Crippen LogP contribution in [-0.2, 0) is 14.3 Å². The number of nitrogens with one attached hydrogen (secondary N) is 1. The minimum absolute atomic E-state index is 0.256. The van der Waals surface area contributed by atoms with Crippen LogP contribution in [0.25, 0.3) is 0 Å². The van der Waals surface area contributed by atoms with Gasteiger partial charge in [0, 0.05) is 12.0 Å². The standard InChI is InChI=1S/C15H25NO4/c1-9(2)7-11(12-8-10(3)13(17)19-12)16-14(18)20-15(4,5)6/h9,11-12H,3,7-8H2,1-2,4-6H3,(H,16,18)/t11?,12-/m0/s1. The van der Waals surface area contributed by atoms with Gasteiger partial charge in [-0.15, -0.1) is 0 Å². The van der Waals surface area contributed by atoms with Crippen LogP contribution >= 0.6 is 0 Å². The lowest BCUT2D eigenvalue weighted by Gasteiger charge is -2.27. The quantitative estimate of drug-likeness (QED) is 0.636. The van der Waals surface area contributed by atoms with E-state index in [0.717, 1.165) is 0 Å². The van der Waals surface area contributed by atoms with Crippen LogP contribution in [-0.4, -0.2) is 29.8 Å². The maximum absolute atomic E-state index is 11.9. The van der Waals surface area contributed by atoms with Gasteiger partial charge in [0.15, 0.2) is 0 Å². The highest BCUT2D eigenvalue weighted by Crippen LogP contribution is 2.24. The smallest absolute Gasteiger partial charge is 0.408 e. The normalized spacial score (nSPS) is 20.8. The van der Waals surface area contributed by atoms with Crippen molar-refractivity contribution in [3.63, 3.8) is 0 Å². The topological polar surface area (TPSA) is 64.6 Å². The second-order valence-corrected chi connectivity index (χ2v) is 6.63. The van der Waals surface area contributed by atoms with E-state index >= 15 is 0 Å². The summed E-state index contributed by atoms with van der Waals surface area (Å²) in [5.74, 6) is -0.0164. The number of amides is 1. The zero-order chi connectivity index (χ0) is 15.5. The van der Waals surface area contributed by atoms with Gasteiger partial charge in [0.05, 0.1) is 6.04 Å². The third-order valence-corrected chi connectivity index (χ3v) is 2.87. The molecule has 0 aromatic carbocycles. The molecule has 1 aliphatic rings. The van der Waals surface area contributed by atoms with E-state index in [1.165, 1.54) is 0 Å². The predicted molar refractivity (Wildman–Crippen MR) is 76.2 cm³/mol. The molecule has 1 unspecified atom stereocenters. The molecule has 0 saturated carbocycles. The minimum atomic E-state index is -0.553. The average Bonchev–Trinajstić information content (AvgIpc) is 2.54. The lowest BCUT2D eigenvalue weighted by molar-refractivity contribution is -0.140. The van der Waals surface area contributed by atoms with Crippen molar-refractivity contribution in [1.29, 1.82) is 0 Å². The Balaban J connectivity index is 2.68. The SMILES string of the molecule is C=C1C[C@@H](C(CC(C)C)NC(=O)OC(C)(C)C)OC1=O. The number of hydrogen-bond acceptors (Lipinski definition) is 4. The van der Waals surface area contributed by atoms with Crippen molar-refractivity contribution < 1.29 is 19.1 Å². The average molecular weight is 283 g/mol. The van der Waals surface area contributed by atoms with Gasteiger partial charge in [-0.2, -0.15) is 0 Å². The van der Waals surface area contributed by atoms with E-state index in [1.54, 1.807) is 0 Å². The van der Waals surface area contributed by atoms with Crippen LogP contribution in [0.1, 0.15) is 47.5 Å². The van der Waals surface area contributed by atoms with Gasteiger partial charge in [0.25, 0.3) is 0 Å². The molecule has 114 valence electrons. The van der Waals surface area contributed by atoms with Gasteiger partial charge in [-0.25, -0.2) is 9.59 Å². The second kappa shape index (κ2) is 6.29. The molecule has 0 aromatic rings. The summed E-state index contributed by atoms with van der Waals surface area (Å²) in [4.78, 5) is 23.3. The molecule has 1 fully saturated rings. The first-order valence-corrected chi connectivity index (χ1v) is 6.96. The van der Waals surface area contributed by atoms with Crippen molar-refractivity contribution in [2.75, 3.05) is 0 Å². The van der Waals surface area contributed by atoms with Crippen molar-refractivity contribution in [1.82, 2.24) is 5.32 Å². The molecule has 0 bridgehead atoms. The number of alkyl carbamates (subject to hydrolysis) is 1. The molecule has 2 atom stereocenters. The van der Waals surface area contributed by atoms with Gasteiger partial charge in [0.1, 0.15) is 11.7 Å². The lowest BCUT2D eigenvalue weighted by atomic mass is 9.97. The summed E-state index contributed by atoms with van der Waals surface area (Å²) in [6.45, 7) is 13.2. The largest absolute Gasteiger partial charge is 0.456 e. The van der Waals surface area contributed by atoms with Gasteiger partial charge >= 0.3 is 12.1 Å². The van der Waals surface area contributed by atoms with Crippen LogP contribution in [0.2, 0.25) is 0 Å². The Kier molecular flexibility index (Phi) is 5.20. The molecule has 1 aliphatic heterocycles. The number of cyclic esters (lactones) is 1. The summed E-state index contributed by atoms with van der Waals surface area (Å²) in [6, 6.07) is -0.256. The molecule has 0 spiro atoms. The van der Waals surface area contributed by atoms with Gasteiger partial charge in [0.2, 0.25) is 0 Å². The summed E-state index contributed by atoms with van der Waals surface area (Å²) in [5.41, 5.74) is -0.0997. The van der Waals surface area contributed by atoms with Crippen LogP contribution in [0.5, 0.6) is 0 Å². The zero-order valence-corrected chi connectivity index (χ0v) is 13.0. The van der Waals surface area contributed by atoms with Crippen molar-refractivity contribution in [3.05, 3.63) is 12.2 Å². The summed E-state index contributed by atoms with van der Waals surface area (Å²) >= 11 is 0. The number of rotatable bonds is 4. The Morgan fingerprint density at radius 1 is 1.50 bits per heavy atom. The van der Waals surface area contributed by atoms with E-state index in [2.05, 4.69) is 25.7 Å². The molecule has 0 radical (unpaired) electrons. The predicted octanol–water partition coefficient (Wildman–Crippen LogP) is 2.80. The van der Waals surface area contributed by atoms with E-state index in [0.29, 0.717) is 24.3 Å². The van der Waals surface area contributed by atoms with Crippen LogP contribution < -0.4 is 5.32 Å². The first-order valence-electron chi connectivity index (χ1n) is 6.96. The Bertz CT molecular complexity index is 379. The number of carbonyl (C=O) groups excluding carboxylic acids is 2. The third-order valence-electron chi connectivity index (χ3n) is 2.87. The summed E-state index contributed by atoms with van der Waals surface area (Å²) in [6.07, 6.45) is 0.317. The van der Waals surface area contributed by atoms with Crippen LogP contribution in [0.15, 0.2) is 12.2 Å². The van der Waals surface area contributed by atoms with Gasteiger partial charge < -0.3 is 14.8 Å². The maximum atomic E-state index is 11.9. The number of carbonyl (C=O) groups is 2. The Labute approximate surface area is 120 Å². The second-order valence-electron chi connectivity index (χ2n) is 6.63. The zero-order valence-electron chi connectivity index (χ0n) is 13.0. The minimum Gasteiger partial charge on any atom is -0.456 e. The molecule has 5 nitrogen and oxygen atoms in total. The summed E-state index contributed by atoms with van der Waals surface area (Å²) < 4.78 is 10.5. The van der Waals surface area contributed by atoms with Crippen molar-refractivity contribution in [3.8, 4) is 0 Å². The maximum Gasteiger partial charge on any atom is 0.408 e. The first kappa shape index (κ1) is 16.5. The van der Waals surface area contributed by atoms with Gasteiger partial charge in [-0.3, -0.25) is 0 Å². The van der Waals surface area contributed by atoms with Crippen LogP contribution in [0.3, 0.4) is 0 Å². The molecule has 1 saturated heterocycles. The van der Waals surface area contributed by atoms with Crippen molar-refractivity contribution >= 4 is 12.1 Å². The van der Waals surface area contributed by atoms with Gasteiger partial charge in [-0.05, 0) is 33.1 Å². The fraction of sp³-hybridized carbons (Fsp3) is 0.733. The van der Waals surface area contributed by atoms with Gasteiger partial charge in [-0.1, -0.05) is 20.4 Å². The molecule has 0 aliphatic carbocycles. The number of hydrogen-bond donors (Lipinski definition) is 1. The number of ether oxygens (including phenoxy) is 2. The molecule has 1 N–H and O–H groups in total. The highest BCUT2D eigenvalue weighted by molar-refractivity contribution is 5.90. The molecule has 1 heterocycles. The first-order chi connectivity index (χ1) is 9.08. The van der Waals surface area contributed by atoms with E-state index in [4.69, 9.17) is 9.47 Å². The fourth-order valence-electron chi connectivity index (χ4n) is 2.08. The highest BCUT2D eigenvalue weighted by atomic mass is 16.6. The lowest BCUT2D eigenvalue weighted by Crippen LogP contribution is -2.46. The number of esters is 1. The van der Waals surface area contributed by atoms with Crippen LogP contribution in [0, 0.1) is 5.92 Å². The Morgan fingerprint density at radius 2 is 2.10 bits per heavy atom. The molecule has 1 rings (SSSR count). The monoisotopic (exact) mass is 283 g/mol. The Hall–Kier alpha value is -1.52. The molecule has 1 amide bonds. The van der Waals surface area contributed by atoms with E-state index in [1.807, 2.05) is 20.8 Å². The van der Waals surface area contributed by atoms with Crippen LogP contribution in [0.4, 0.5) is 4.79 Å². The third kappa shape index (κ3) is 5.23. The van der Waals surface area contributed by atoms with Crippen molar-refractivity contribution in [2.24, 2.45) is 5.92 Å². The molecule has 0 aromatic heterocycles. The highest BCUT2D eigenvalue weighted by Gasteiger charge is 2.35. The molecule has 20 heavy (non-hydrogen) atoms. The Morgan fingerprint density at radius 3 is 2.50 bits per heavy atom. The van der Waals surface area contributed by atoms with Crippen molar-refractivity contribution in [2.45, 2.75) is 65.2 Å². The van der Waals surface area contributed by atoms with E-state index in [9.17, 15) is 9.59 Å². The molecular weight excluding hydrogens is 258 g/mol. The summed E-state index contributed by atoms with van der Waals surface area (Å²) in [7, 11) is 0. The van der Waals surface area contributed by atoms with E-state index < -0.39 is 11.7 Å². The van der Waals surface area contributed by atoms with E-state index in [-0.39, 0.29) is 18.1 Å². The summed E-state index contributed by atoms with van der Waals surface area (Å²) in [5, 5.41) is 2.81. The molecule has 5 heteroatoms.